The number of benzene rings is 1. The topological polar surface area (TPSA) is 24.1 Å². The van der Waals surface area contributed by atoms with Gasteiger partial charge in [-0.2, -0.15) is 13.2 Å². The second kappa shape index (κ2) is 5.55. The Morgan fingerprint density at radius 1 is 1.35 bits per heavy atom. The largest absolute Gasteiger partial charge is 0.416 e. The van der Waals surface area contributed by atoms with Crippen LogP contribution in [0.25, 0.3) is 0 Å². The molecule has 0 aliphatic heterocycles. The van der Waals surface area contributed by atoms with Crippen molar-refractivity contribution in [1.82, 2.24) is 5.32 Å². The number of nitrogens with one attached hydrogen (secondary N) is 2. The molecular formula is C10H10ClF3N2S. The van der Waals surface area contributed by atoms with Gasteiger partial charge in [-0.3, -0.25) is 0 Å². The Bertz CT molecular complexity index is 421. The molecule has 0 saturated heterocycles. The van der Waals surface area contributed by atoms with E-state index in [1.807, 2.05) is 6.92 Å². The molecule has 0 bridgehead atoms. The third kappa shape index (κ3) is 4.40. The molecular weight excluding hydrogens is 273 g/mol. The zero-order valence-electron chi connectivity index (χ0n) is 8.86. The van der Waals surface area contributed by atoms with Gasteiger partial charge in [0, 0.05) is 17.3 Å². The summed E-state index contributed by atoms with van der Waals surface area (Å²) in [6.45, 7) is 2.41. The van der Waals surface area contributed by atoms with E-state index in [9.17, 15) is 13.2 Å². The zero-order chi connectivity index (χ0) is 13.1. The van der Waals surface area contributed by atoms with E-state index in [1.165, 1.54) is 6.07 Å². The van der Waals surface area contributed by atoms with E-state index in [0.29, 0.717) is 6.54 Å². The molecule has 0 heterocycles. The van der Waals surface area contributed by atoms with Gasteiger partial charge >= 0.3 is 6.18 Å². The predicted molar refractivity (Wildman–Crippen MR) is 66.4 cm³/mol. The molecule has 0 radical (unpaired) electrons. The van der Waals surface area contributed by atoms with Crippen LogP contribution >= 0.6 is 23.8 Å². The minimum absolute atomic E-state index is 0.00150. The monoisotopic (exact) mass is 282 g/mol. The van der Waals surface area contributed by atoms with E-state index in [4.69, 9.17) is 23.8 Å². The molecule has 0 aromatic heterocycles. The van der Waals surface area contributed by atoms with Crippen molar-refractivity contribution in [2.75, 3.05) is 11.9 Å². The van der Waals surface area contributed by atoms with Gasteiger partial charge in [0.25, 0.3) is 0 Å². The average molecular weight is 283 g/mol. The van der Waals surface area contributed by atoms with Gasteiger partial charge in [0.1, 0.15) is 0 Å². The SMILES string of the molecule is CCNC(=S)Nc1cc(Cl)cc(C(F)(F)F)c1. The van der Waals surface area contributed by atoms with Crippen LogP contribution in [-0.4, -0.2) is 11.7 Å². The van der Waals surface area contributed by atoms with E-state index in [-0.39, 0.29) is 15.8 Å². The number of hydrogen-bond acceptors (Lipinski definition) is 1. The molecule has 1 aromatic rings. The summed E-state index contributed by atoms with van der Waals surface area (Å²) >= 11 is 10.5. The maximum Gasteiger partial charge on any atom is 0.416 e. The van der Waals surface area contributed by atoms with Crippen molar-refractivity contribution in [2.45, 2.75) is 13.1 Å². The molecule has 0 atom stereocenters. The fraction of sp³-hybridized carbons (Fsp3) is 0.300. The van der Waals surface area contributed by atoms with Crippen molar-refractivity contribution in [3.8, 4) is 0 Å². The molecule has 0 saturated carbocycles. The zero-order valence-corrected chi connectivity index (χ0v) is 10.4. The smallest absolute Gasteiger partial charge is 0.363 e. The van der Waals surface area contributed by atoms with Gasteiger partial charge in [0.15, 0.2) is 5.11 Å². The molecule has 0 amide bonds. The van der Waals surface area contributed by atoms with Crippen LogP contribution in [0.4, 0.5) is 18.9 Å². The molecule has 2 N–H and O–H groups in total. The third-order valence-corrected chi connectivity index (χ3v) is 2.28. The van der Waals surface area contributed by atoms with Crippen LogP contribution in [0.2, 0.25) is 5.02 Å². The molecule has 1 aromatic carbocycles. The van der Waals surface area contributed by atoms with E-state index < -0.39 is 11.7 Å². The van der Waals surface area contributed by atoms with Crippen molar-refractivity contribution >= 4 is 34.6 Å². The molecule has 7 heteroatoms. The molecule has 0 aliphatic rings. The van der Waals surface area contributed by atoms with Crippen molar-refractivity contribution in [1.29, 1.82) is 0 Å². The summed E-state index contributed by atoms with van der Waals surface area (Å²) in [7, 11) is 0. The third-order valence-electron chi connectivity index (χ3n) is 1.82. The highest BCUT2D eigenvalue weighted by molar-refractivity contribution is 7.80. The lowest BCUT2D eigenvalue weighted by molar-refractivity contribution is -0.137. The maximum absolute atomic E-state index is 12.5. The van der Waals surface area contributed by atoms with Crippen LogP contribution in [0.5, 0.6) is 0 Å². The van der Waals surface area contributed by atoms with Crippen LogP contribution in [-0.2, 0) is 6.18 Å². The Morgan fingerprint density at radius 3 is 2.53 bits per heavy atom. The van der Waals surface area contributed by atoms with E-state index >= 15 is 0 Å². The van der Waals surface area contributed by atoms with Crippen LogP contribution in [0.1, 0.15) is 12.5 Å². The lowest BCUT2D eigenvalue weighted by atomic mass is 10.2. The van der Waals surface area contributed by atoms with Gasteiger partial charge in [0.05, 0.1) is 5.56 Å². The summed E-state index contributed by atoms with van der Waals surface area (Å²) in [6, 6.07) is 3.19. The van der Waals surface area contributed by atoms with E-state index in [0.717, 1.165) is 12.1 Å². The van der Waals surface area contributed by atoms with E-state index in [2.05, 4.69) is 10.6 Å². The van der Waals surface area contributed by atoms with Crippen LogP contribution < -0.4 is 10.6 Å². The van der Waals surface area contributed by atoms with Crippen LogP contribution in [0.15, 0.2) is 18.2 Å². The summed E-state index contributed by atoms with van der Waals surface area (Å²) in [5.41, 5.74) is -0.609. The first-order valence-electron chi connectivity index (χ1n) is 4.75. The average Bonchev–Trinajstić information content (AvgIpc) is 2.15. The highest BCUT2D eigenvalue weighted by atomic mass is 35.5. The van der Waals surface area contributed by atoms with Crippen molar-refractivity contribution in [3.63, 3.8) is 0 Å². The number of anilines is 1. The predicted octanol–water partition coefficient (Wildman–Crippen LogP) is 3.67. The molecule has 0 spiro atoms. The molecule has 0 unspecified atom stereocenters. The van der Waals surface area contributed by atoms with Crippen molar-refractivity contribution < 1.29 is 13.2 Å². The highest BCUT2D eigenvalue weighted by Crippen LogP contribution is 2.33. The molecule has 0 aliphatic carbocycles. The van der Waals surface area contributed by atoms with Gasteiger partial charge in [0.2, 0.25) is 0 Å². The Hall–Kier alpha value is -1.01. The molecule has 1 rings (SSSR count). The summed E-state index contributed by atoms with van der Waals surface area (Å²) in [4.78, 5) is 0. The lowest BCUT2D eigenvalue weighted by Gasteiger charge is -2.12. The van der Waals surface area contributed by atoms with Crippen molar-refractivity contribution in [2.24, 2.45) is 0 Å². The lowest BCUT2D eigenvalue weighted by Crippen LogP contribution is -2.28. The molecule has 17 heavy (non-hydrogen) atoms. The van der Waals surface area contributed by atoms with E-state index in [1.54, 1.807) is 0 Å². The summed E-state index contributed by atoms with van der Waals surface area (Å²) in [5, 5.41) is 5.65. The second-order valence-electron chi connectivity index (χ2n) is 3.21. The minimum Gasteiger partial charge on any atom is -0.363 e. The molecule has 94 valence electrons. The number of hydrogen-bond donors (Lipinski definition) is 2. The first-order chi connectivity index (χ1) is 7.82. The van der Waals surface area contributed by atoms with Gasteiger partial charge < -0.3 is 10.6 Å². The minimum atomic E-state index is -4.43. The van der Waals surface area contributed by atoms with Crippen molar-refractivity contribution in [3.05, 3.63) is 28.8 Å². The first-order valence-corrected chi connectivity index (χ1v) is 5.54. The summed E-state index contributed by atoms with van der Waals surface area (Å²) in [6.07, 6.45) is -4.43. The van der Waals surface area contributed by atoms with Gasteiger partial charge in [-0.15, -0.1) is 0 Å². The number of rotatable bonds is 2. The van der Waals surface area contributed by atoms with Gasteiger partial charge in [-0.05, 0) is 37.3 Å². The summed E-state index contributed by atoms with van der Waals surface area (Å²) in [5.74, 6) is 0. The standard InChI is InChI=1S/C10H10ClF3N2S/c1-2-15-9(17)16-8-4-6(10(12,13)14)3-7(11)5-8/h3-5H,2H2,1H3,(H2,15,16,17). The van der Waals surface area contributed by atoms with Gasteiger partial charge in [-0.1, -0.05) is 11.6 Å². The Morgan fingerprint density at radius 2 is 2.00 bits per heavy atom. The molecule has 0 fully saturated rings. The quantitative estimate of drug-likeness (QED) is 0.810. The van der Waals surface area contributed by atoms with Crippen LogP contribution in [0.3, 0.4) is 0 Å². The number of halogens is 4. The number of alkyl halides is 3. The molecule has 2 nitrogen and oxygen atoms in total. The fourth-order valence-corrected chi connectivity index (χ4v) is 1.66. The van der Waals surface area contributed by atoms with Crippen LogP contribution in [0, 0.1) is 0 Å². The first kappa shape index (κ1) is 14.1. The Labute approximate surface area is 107 Å². The Balaban J connectivity index is 2.94. The normalized spacial score (nSPS) is 11.1. The number of thiocarbonyl (C=S) groups is 1. The maximum atomic E-state index is 12.5. The fourth-order valence-electron chi connectivity index (χ4n) is 1.16. The Kier molecular flexibility index (Phi) is 4.59. The summed E-state index contributed by atoms with van der Waals surface area (Å²) < 4.78 is 37.5. The highest BCUT2D eigenvalue weighted by Gasteiger charge is 2.31. The van der Waals surface area contributed by atoms with Gasteiger partial charge in [-0.25, -0.2) is 0 Å². The second-order valence-corrected chi connectivity index (χ2v) is 4.06.